The molecule has 10 heteroatoms. The topological polar surface area (TPSA) is 78.9 Å². The molecule has 4 rings (SSSR count). The van der Waals surface area contributed by atoms with E-state index in [1.807, 2.05) is 6.07 Å². The van der Waals surface area contributed by atoms with Crippen LogP contribution in [0.4, 0.5) is 14.5 Å². The molecule has 0 unspecified atom stereocenters. The second-order valence-corrected chi connectivity index (χ2v) is 7.87. The normalized spacial score (nSPS) is 10.9. The summed E-state index contributed by atoms with van der Waals surface area (Å²) in [6, 6.07) is 16.3. The monoisotopic (exact) mass is 514 g/mol. The summed E-state index contributed by atoms with van der Waals surface area (Å²) in [5.41, 5.74) is 2.38. The van der Waals surface area contributed by atoms with E-state index < -0.39 is 12.5 Å². The van der Waals surface area contributed by atoms with Crippen LogP contribution in [0.3, 0.4) is 0 Å². The molecule has 0 aliphatic carbocycles. The first kappa shape index (κ1) is 25.0. The Labute approximate surface area is 210 Å². The third kappa shape index (κ3) is 5.11. The molecule has 1 heterocycles. The number of halogens is 3. The Morgan fingerprint density at radius 3 is 2.22 bits per heavy atom. The molecule has 1 amide bonds. The van der Waals surface area contributed by atoms with Crippen LogP contribution in [0.25, 0.3) is 22.2 Å². The number of fused-ring (bicyclic) bond motifs is 1. The van der Waals surface area contributed by atoms with Crippen LogP contribution in [-0.2, 0) is 0 Å². The van der Waals surface area contributed by atoms with E-state index in [0.29, 0.717) is 50.7 Å². The van der Waals surface area contributed by atoms with Crippen LogP contribution in [0, 0.1) is 0 Å². The van der Waals surface area contributed by atoms with Crippen molar-refractivity contribution in [3.05, 3.63) is 71.2 Å². The number of anilines is 1. The number of rotatable bonds is 8. The summed E-state index contributed by atoms with van der Waals surface area (Å²) in [5.74, 6) is 0.672. The molecule has 0 saturated heterocycles. The van der Waals surface area contributed by atoms with Gasteiger partial charge in [0.15, 0.2) is 11.5 Å². The van der Waals surface area contributed by atoms with E-state index in [2.05, 4.69) is 10.1 Å². The standard InChI is InChI=1S/C26H21ClF2N2O5/c1-33-22-10-14(11-23(34-2)24(22)35-3)20-13-17(16-6-4-5-7-19(16)31-20)25(32)30-15-8-9-21(18(27)12-15)36-26(28)29/h4-13,26H,1-3H3,(H,30,32). The van der Waals surface area contributed by atoms with Gasteiger partial charge in [0.1, 0.15) is 5.75 Å². The summed E-state index contributed by atoms with van der Waals surface area (Å²) in [4.78, 5) is 18.0. The number of methoxy groups -OCH3 is 3. The highest BCUT2D eigenvalue weighted by Gasteiger charge is 2.19. The third-order valence-corrected chi connectivity index (χ3v) is 5.62. The van der Waals surface area contributed by atoms with Gasteiger partial charge in [-0.25, -0.2) is 4.98 Å². The molecule has 0 aliphatic heterocycles. The maximum atomic E-state index is 13.3. The number of ether oxygens (including phenoxy) is 4. The molecular formula is C26H21ClF2N2O5. The Balaban J connectivity index is 1.77. The fourth-order valence-electron chi connectivity index (χ4n) is 3.71. The molecule has 0 bridgehead atoms. The SMILES string of the molecule is COc1cc(-c2cc(C(=O)Nc3ccc(OC(F)F)c(Cl)c3)c3ccccc3n2)cc(OC)c1OC. The summed E-state index contributed by atoms with van der Waals surface area (Å²) in [6.07, 6.45) is 0. The quantitative estimate of drug-likeness (QED) is 0.292. The third-order valence-electron chi connectivity index (χ3n) is 5.33. The van der Waals surface area contributed by atoms with Crippen molar-refractivity contribution in [3.63, 3.8) is 0 Å². The zero-order chi connectivity index (χ0) is 25.8. The number of benzene rings is 3. The van der Waals surface area contributed by atoms with E-state index >= 15 is 0 Å². The maximum Gasteiger partial charge on any atom is 0.387 e. The second-order valence-electron chi connectivity index (χ2n) is 7.46. The highest BCUT2D eigenvalue weighted by Crippen LogP contribution is 2.41. The first-order valence-corrected chi connectivity index (χ1v) is 11.0. The largest absolute Gasteiger partial charge is 0.493 e. The number of carbonyl (C=O) groups excluding carboxylic acids is 1. The van der Waals surface area contributed by atoms with Gasteiger partial charge in [0, 0.05) is 16.6 Å². The lowest BCUT2D eigenvalue weighted by atomic mass is 10.0. The molecule has 0 fully saturated rings. The number of pyridine rings is 1. The van der Waals surface area contributed by atoms with Gasteiger partial charge in [0.05, 0.1) is 43.1 Å². The maximum absolute atomic E-state index is 13.3. The summed E-state index contributed by atoms with van der Waals surface area (Å²) < 4.78 is 45.7. The van der Waals surface area contributed by atoms with E-state index in [9.17, 15) is 13.6 Å². The summed E-state index contributed by atoms with van der Waals surface area (Å²) in [5, 5.41) is 3.31. The number of aromatic nitrogens is 1. The molecular weight excluding hydrogens is 494 g/mol. The fraction of sp³-hybridized carbons (Fsp3) is 0.154. The molecule has 3 aromatic carbocycles. The van der Waals surface area contributed by atoms with Gasteiger partial charge in [-0.15, -0.1) is 0 Å². The van der Waals surface area contributed by atoms with Crippen molar-refractivity contribution < 1.29 is 32.5 Å². The molecule has 36 heavy (non-hydrogen) atoms. The Morgan fingerprint density at radius 1 is 0.917 bits per heavy atom. The summed E-state index contributed by atoms with van der Waals surface area (Å²) in [7, 11) is 4.53. The first-order chi connectivity index (χ1) is 17.3. The molecule has 0 radical (unpaired) electrons. The zero-order valence-corrected chi connectivity index (χ0v) is 20.2. The van der Waals surface area contributed by atoms with Gasteiger partial charge in [0.2, 0.25) is 5.75 Å². The van der Waals surface area contributed by atoms with Gasteiger partial charge in [0.25, 0.3) is 5.91 Å². The van der Waals surface area contributed by atoms with E-state index in [1.165, 1.54) is 39.5 Å². The van der Waals surface area contributed by atoms with Crippen molar-refractivity contribution in [1.29, 1.82) is 0 Å². The van der Waals surface area contributed by atoms with Crippen LogP contribution in [-0.4, -0.2) is 38.8 Å². The van der Waals surface area contributed by atoms with E-state index in [0.717, 1.165) is 0 Å². The van der Waals surface area contributed by atoms with E-state index in [1.54, 1.807) is 36.4 Å². The molecule has 186 valence electrons. The van der Waals surface area contributed by atoms with Crippen molar-refractivity contribution in [2.24, 2.45) is 0 Å². The number of para-hydroxylation sites is 1. The molecule has 0 saturated carbocycles. The average molecular weight is 515 g/mol. The molecule has 7 nitrogen and oxygen atoms in total. The minimum Gasteiger partial charge on any atom is -0.493 e. The number of alkyl halides is 2. The molecule has 0 atom stereocenters. The minimum atomic E-state index is -3.01. The number of hydrogen-bond donors (Lipinski definition) is 1. The van der Waals surface area contributed by atoms with Crippen LogP contribution in [0.1, 0.15) is 10.4 Å². The average Bonchev–Trinajstić information content (AvgIpc) is 2.88. The van der Waals surface area contributed by atoms with Gasteiger partial charge >= 0.3 is 6.61 Å². The number of nitrogens with one attached hydrogen (secondary N) is 1. The van der Waals surface area contributed by atoms with Crippen LogP contribution in [0.15, 0.2) is 60.7 Å². The summed E-state index contributed by atoms with van der Waals surface area (Å²) >= 11 is 6.03. The van der Waals surface area contributed by atoms with Crippen LogP contribution in [0.5, 0.6) is 23.0 Å². The fourth-order valence-corrected chi connectivity index (χ4v) is 3.93. The van der Waals surface area contributed by atoms with Gasteiger partial charge in [-0.1, -0.05) is 29.8 Å². The predicted octanol–water partition coefficient (Wildman–Crippen LogP) is 6.43. The number of hydrogen-bond acceptors (Lipinski definition) is 6. The minimum absolute atomic E-state index is 0.0641. The Kier molecular flexibility index (Phi) is 7.40. The Morgan fingerprint density at radius 2 is 1.61 bits per heavy atom. The smallest absolute Gasteiger partial charge is 0.387 e. The van der Waals surface area contributed by atoms with Crippen molar-refractivity contribution in [1.82, 2.24) is 4.98 Å². The van der Waals surface area contributed by atoms with Crippen LogP contribution < -0.4 is 24.3 Å². The Bertz CT molecular complexity index is 1410. The lowest BCUT2D eigenvalue weighted by Crippen LogP contribution is -2.13. The zero-order valence-electron chi connectivity index (χ0n) is 19.5. The summed E-state index contributed by atoms with van der Waals surface area (Å²) in [6.45, 7) is -3.01. The van der Waals surface area contributed by atoms with Crippen molar-refractivity contribution in [3.8, 4) is 34.3 Å². The van der Waals surface area contributed by atoms with Crippen molar-refractivity contribution in [2.75, 3.05) is 26.6 Å². The molecule has 0 spiro atoms. The van der Waals surface area contributed by atoms with Crippen molar-refractivity contribution >= 4 is 34.1 Å². The van der Waals surface area contributed by atoms with Gasteiger partial charge in [-0.2, -0.15) is 8.78 Å². The van der Waals surface area contributed by atoms with Gasteiger partial charge in [-0.05, 0) is 42.5 Å². The van der Waals surface area contributed by atoms with Crippen molar-refractivity contribution in [2.45, 2.75) is 6.61 Å². The number of amides is 1. The number of nitrogens with zero attached hydrogens (tertiary/aromatic N) is 1. The van der Waals surface area contributed by atoms with E-state index in [4.69, 9.17) is 30.8 Å². The second kappa shape index (κ2) is 10.7. The van der Waals surface area contributed by atoms with Crippen LogP contribution in [0.2, 0.25) is 5.02 Å². The van der Waals surface area contributed by atoms with Gasteiger partial charge in [-0.3, -0.25) is 4.79 Å². The number of carbonyl (C=O) groups is 1. The lowest BCUT2D eigenvalue weighted by Gasteiger charge is -2.15. The van der Waals surface area contributed by atoms with E-state index in [-0.39, 0.29) is 10.8 Å². The highest BCUT2D eigenvalue weighted by atomic mass is 35.5. The lowest BCUT2D eigenvalue weighted by molar-refractivity contribution is -0.0497. The molecule has 1 N–H and O–H groups in total. The first-order valence-electron chi connectivity index (χ1n) is 10.6. The predicted molar refractivity (Wildman–Crippen MR) is 133 cm³/mol. The molecule has 1 aromatic heterocycles. The molecule has 4 aromatic rings. The highest BCUT2D eigenvalue weighted by molar-refractivity contribution is 6.32. The molecule has 0 aliphatic rings. The van der Waals surface area contributed by atoms with Crippen LogP contribution >= 0.6 is 11.6 Å². The Hall–Kier alpha value is -4.11. The van der Waals surface area contributed by atoms with Gasteiger partial charge < -0.3 is 24.3 Å².